The zero-order chi connectivity index (χ0) is 17.4. The van der Waals surface area contributed by atoms with E-state index in [1.54, 1.807) is 11.8 Å². The summed E-state index contributed by atoms with van der Waals surface area (Å²) in [4.78, 5) is 4.78. The van der Waals surface area contributed by atoms with E-state index in [9.17, 15) is 0 Å². The second-order valence-electron chi connectivity index (χ2n) is 7.73. The van der Waals surface area contributed by atoms with Crippen molar-refractivity contribution in [1.82, 2.24) is 19.9 Å². The highest BCUT2D eigenvalue weighted by molar-refractivity contribution is 7.97. The van der Waals surface area contributed by atoms with Crippen LogP contribution >= 0.6 is 11.8 Å². The van der Waals surface area contributed by atoms with Crippen LogP contribution in [0.25, 0.3) is 11.5 Å². The van der Waals surface area contributed by atoms with Gasteiger partial charge in [-0.05, 0) is 45.8 Å². The number of hydrogen-bond donors (Lipinski definition) is 0. The molecule has 1 unspecified atom stereocenters. The first-order valence-corrected chi connectivity index (χ1v) is 10.5. The molecule has 0 N–H and O–H groups in total. The summed E-state index contributed by atoms with van der Waals surface area (Å²) in [5.41, 5.74) is 0.679. The topological polar surface area (TPSA) is 66.0 Å². The van der Waals surface area contributed by atoms with Gasteiger partial charge in [-0.15, -0.1) is 0 Å². The monoisotopic (exact) mass is 362 g/mol. The number of hydrogen-bond acceptors (Lipinski definition) is 6. The molecule has 2 fully saturated rings. The van der Waals surface area contributed by atoms with Gasteiger partial charge in [0.05, 0.1) is 17.4 Å². The lowest BCUT2D eigenvalue weighted by Crippen LogP contribution is -2.35. The summed E-state index contributed by atoms with van der Waals surface area (Å²) in [6.07, 6.45) is 7.64. The number of rotatable bonds is 5. The van der Waals surface area contributed by atoms with Crippen LogP contribution in [0.5, 0.6) is 0 Å². The fourth-order valence-electron chi connectivity index (χ4n) is 3.68. The van der Waals surface area contributed by atoms with Gasteiger partial charge in [-0.3, -0.25) is 0 Å². The minimum absolute atomic E-state index is 0.132. The van der Waals surface area contributed by atoms with Gasteiger partial charge in [-0.2, -0.15) is 16.9 Å². The second-order valence-corrected chi connectivity index (χ2v) is 8.59. The van der Waals surface area contributed by atoms with Crippen LogP contribution < -0.4 is 0 Å². The fourth-order valence-corrected chi connectivity index (χ4v) is 4.06. The van der Waals surface area contributed by atoms with Gasteiger partial charge in [-0.25, -0.2) is 9.67 Å². The molecule has 6 nitrogen and oxygen atoms in total. The van der Waals surface area contributed by atoms with E-state index in [0.717, 1.165) is 48.3 Å². The van der Waals surface area contributed by atoms with Crippen LogP contribution in [-0.4, -0.2) is 38.4 Å². The molecule has 2 aromatic heterocycles. The van der Waals surface area contributed by atoms with Crippen LogP contribution in [0.2, 0.25) is 0 Å². The Labute approximate surface area is 152 Å². The van der Waals surface area contributed by atoms with E-state index < -0.39 is 0 Å². The average molecular weight is 362 g/mol. The Morgan fingerprint density at radius 3 is 2.84 bits per heavy atom. The van der Waals surface area contributed by atoms with Crippen LogP contribution in [0.1, 0.15) is 69.5 Å². The molecular weight excluding hydrogens is 336 g/mol. The van der Waals surface area contributed by atoms with Crippen LogP contribution in [0, 0.1) is 0 Å². The van der Waals surface area contributed by atoms with Crippen molar-refractivity contribution < 1.29 is 9.26 Å². The van der Waals surface area contributed by atoms with Crippen molar-refractivity contribution >= 4 is 11.8 Å². The van der Waals surface area contributed by atoms with Crippen molar-refractivity contribution in [3.63, 3.8) is 0 Å². The average Bonchev–Trinajstić information content (AvgIpc) is 3.12. The van der Waals surface area contributed by atoms with Gasteiger partial charge in [0.25, 0.3) is 0 Å². The van der Waals surface area contributed by atoms with Gasteiger partial charge in [0.15, 0.2) is 17.3 Å². The molecule has 1 aliphatic heterocycles. The van der Waals surface area contributed by atoms with E-state index in [4.69, 9.17) is 19.3 Å². The van der Waals surface area contributed by atoms with Crippen molar-refractivity contribution in [2.45, 2.75) is 69.3 Å². The van der Waals surface area contributed by atoms with Gasteiger partial charge in [0, 0.05) is 18.6 Å². The summed E-state index contributed by atoms with van der Waals surface area (Å²) in [5, 5.41) is 9.12. The molecule has 1 atom stereocenters. The third-order valence-electron chi connectivity index (χ3n) is 5.23. The molecule has 2 aromatic rings. The van der Waals surface area contributed by atoms with Gasteiger partial charge >= 0.3 is 0 Å². The standard InChI is InChI=1S/C18H26N4O2S/c1-18(2)10-13(7-8-23-18)22-17(19-16(20-22)11-25-3)14-9-15(24-21-14)12-5-4-6-12/h9,12-13H,4-8,10-11H2,1-3H3. The smallest absolute Gasteiger partial charge is 0.180 e. The molecule has 25 heavy (non-hydrogen) atoms. The van der Waals surface area contributed by atoms with Crippen LogP contribution in [0.4, 0.5) is 0 Å². The summed E-state index contributed by atoms with van der Waals surface area (Å²) < 4.78 is 13.6. The molecule has 4 rings (SSSR count). The summed E-state index contributed by atoms with van der Waals surface area (Å²) in [7, 11) is 0. The minimum Gasteiger partial charge on any atom is -0.375 e. The van der Waals surface area contributed by atoms with E-state index >= 15 is 0 Å². The molecule has 0 spiro atoms. The maximum atomic E-state index is 5.87. The SMILES string of the molecule is CSCc1nc(-c2cc(C3CCC3)on2)n(C2CCOC(C)(C)C2)n1. The first-order chi connectivity index (χ1) is 12.1. The van der Waals surface area contributed by atoms with Crippen molar-refractivity contribution in [3.8, 4) is 11.5 Å². The van der Waals surface area contributed by atoms with E-state index in [-0.39, 0.29) is 11.6 Å². The van der Waals surface area contributed by atoms with Crippen molar-refractivity contribution in [3.05, 3.63) is 17.7 Å². The molecule has 0 aromatic carbocycles. The Bertz CT molecular complexity index is 735. The van der Waals surface area contributed by atoms with E-state index in [0.29, 0.717) is 5.92 Å². The Hall–Kier alpha value is -1.34. The maximum Gasteiger partial charge on any atom is 0.180 e. The molecular formula is C18H26N4O2S. The zero-order valence-corrected chi connectivity index (χ0v) is 16.0. The van der Waals surface area contributed by atoms with E-state index in [2.05, 4.69) is 36.0 Å². The highest BCUT2D eigenvalue weighted by Crippen LogP contribution is 2.38. The summed E-state index contributed by atoms with van der Waals surface area (Å²) in [6, 6.07) is 2.35. The lowest BCUT2D eigenvalue weighted by Gasteiger charge is -2.35. The van der Waals surface area contributed by atoms with Crippen molar-refractivity contribution in [1.29, 1.82) is 0 Å². The fraction of sp³-hybridized carbons (Fsp3) is 0.722. The molecule has 3 heterocycles. The Balaban J connectivity index is 1.66. The van der Waals surface area contributed by atoms with Crippen LogP contribution in [0.3, 0.4) is 0 Å². The molecule has 1 saturated heterocycles. The number of aromatic nitrogens is 4. The number of nitrogens with zero attached hydrogens (tertiary/aromatic N) is 4. The van der Waals surface area contributed by atoms with Crippen molar-refractivity contribution in [2.24, 2.45) is 0 Å². The summed E-state index contributed by atoms with van der Waals surface area (Å²) in [5.74, 6) is 4.03. The highest BCUT2D eigenvalue weighted by Gasteiger charge is 2.33. The molecule has 7 heteroatoms. The highest BCUT2D eigenvalue weighted by atomic mass is 32.2. The van der Waals surface area contributed by atoms with E-state index in [1.165, 1.54) is 19.3 Å². The largest absolute Gasteiger partial charge is 0.375 e. The predicted octanol–water partition coefficient (Wildman–Crippen LogP) is 4.19. The molecule has 136 valence electrons. The van der Waals surface area contributed by atoms with Gasteiger partial charge in [-0.1, -0.05) is 11.6 Å². The van der Waals surface area contributed by atoms with Crippen LogP contribution in [-0.2, 0) is 10.5 Å². The van der Waals surface area contributed by atoms with Gasteiger partial charge in [0.2, 0.25) is 0 Å². The predicted molar refractivity (Wildman–Crippen MR) is 97.6 cm³/mol. The van der Waals surface area contributed by atoms with E-state index in [1.807, 2.05) is 0 Å². The first-order valence-electron chi connectivity index (χ1n) is 9.11. The van der Waals surface area contributed by atoms with Crippen LogP contribution in [0.15, 0.2) is 10.6 Å². The molecule has 0 bridgehead atoms. The maximum absolute atomic E-state index is 5.87. The lowest BCUT2D eigenvalue weighted by atomic mass is 9.83. The third-order valence-corrected chi connectivity index (χ3v) is 5.78. The number of ether oxygens (including phenoxy) is 1. The first kappa shape index (κ1) is 17.1. The molecule has 1 aliphatic carbocycles. The number of thioether (sulfide) groups is 1. The Kier molecular flexibility index (Phi) is 4.62. The molecule has 0 radical (unpaired) electrons. The Morgan fingerprint density at radius 2 is 2.16 bits per heavy atom. The third kappa shape index (κ3) is 3.49. The quantitative estimate of drug-likeness (QED) is 0.794. The molecule has 0 amide bonds. The summed E-state index contributed by atoms with van der Waals surface area (Å²) >= 11 is 1.73. The lowest BCUT2D eigenvalue weighted by molar-refractivity contribution is -0.0706. The minimum atomic E-state index is -0.132. The van der Waals surface area contributed by atoms with Gasteiger partial charge in [0.1, 0.15) is 5.76 Å². The zero-order valence-electron chi connectivity index (χ0n) is 15.2. The molecule has 1 saturated carbocycles. The summed E-state index contributed by atoms with van der Waals surface area (Å²) in [6.45, 7) is 5.04. The Morgan fingerprint density at radius 1 is 1.32 bits per heavy atom. The van der Waals surface area contributed by atoms with Gasteiger partial charge < -0.3 is 9.26 Å². The second kappa shape index (κ2) is 6.76. The normalized spacial score (nSPS) is 23.6. The molecule has 2 aliphatic rings. The van der Waals surface area contributed by atoms with Crippen molar-refractivity contribution in [2.75, 3.05) is 12.9 Å².